The Bertz CT molecular complexity index is 301. The SMILES string of the molecule is CCOCc1oc(C)cc1C(=O)O. The first-order chi connectivity index (χ1) is 6.15. The number of carboxylic acid groups (broad SMARTS) is 1. The Morgan fingerprint density at radius 1 is 1.69 bits per heavy atom. The molecule has 0 amide bonds. The number of rotatable bonds is 4. The van der Waals surface area contributed by atoms with E-state index in [-0.39, 0.29) is 12.2 Å². The second-order valence-corrected chi connectivity index (χ2v) is 2.64. The highest BCUT2D eigenvalue weighted by molar-refractivity contribution is 5.88. The Morgan fingerprint density at radius 2 is 2.38 bits per heavy atom. The molecule has 0 aliphatic rings. The lowest BCUT2D eigenvalue weighted by molar-refractivity contribution is 0.0682. The van der Waals surface area contributed by atoms with E-state index >= 15 is 0 Å². The van der Waals surface area contributed by atoms with Crippen molar-refractivity contribution < 1.29 is 19.1 Å². The zero-order valence-corrected chi connectivity index (χ0v) is 7.66. The summed E-state index contributed by atoms with van der Waals surface area (Å²) in [6.07, 6.45) is 0. The van der Waals surface area contributed by atoms with Crippen LogP contribution in [0.1, 0.15) is 28.8 Å². The van der Waals surface area contributed by atoms with Crippen LogP contribution in [0.2, 0.25) is 0 Å². The van der Waals surface area contributed by atoms with Gasteiger partial charge in [0, 0.05) is 6.61 Å². The van der Waals surface area contributed by atoms with E-state index in [0.29, 0.717) is 18.1 Å². The van der Waals surface area contributed by atoms with E-state index in [1.54, 1.807) is 6.92 Å². The van der Waals surface area contributed by atoms with Crippen LogP contribution in [0.25, 0.3) is 0 Å². The first-order valence-corrected chi connectivity index (χ1v) is 4.05. The number of hydrogen-bond donors (Lipinski definition) is 1. The minimum atomic E-state index is -0.980. The average Bonchev–Trinajstić information content (AvgIpc) is 2.43. The summed E-state index contributed by atoms with van der Waals surface area (Å²) in [5.74, 6) is -0.00879. The fourth-order valence-corrected chi connectivity index (χ4v) is 1.05. The zero-order chi connectivity index (χ0) is 9.84. The number of carbonyl (C=O) groups is 1. The lowest BCUT2D eigenvalue weighted by Gasteiger charge is -1.98. The van der Waals surface area contributed by atoms with E-state index in [0.717, 1.165) is 0 Å². The summed E-state index contributed by atoms with van der Waals surface area (Å²) >= 11 is 0. The molecule has 1 aromatic rings. The zero-order valence-electron chi connectivity index (χ0n) is 7.66. The van der Waals surface area contributed by atoms with Gasteiger partial charge in [-0.05, 0) is 19.9 Å². The lowest BCUT2D eigenvalue weighted by atomic mass is 10.2. The van der Waals surface area contributed by atoms with Crippen molar-refractivity contribution >= 4 is 5.97 Å². The third-order valence-electron chi connectivity index (χ3n) is 1.60. The topological polar surface area (TPSA) is 59.7 Å². The Kier molecular flexibility index (Phi) is 3.08. The predicted molar refractivity (Wildman–Crippen MR) is 45.7 cm³/mol. The highest BCUT2D eigenvalue weighted by Gasteiger charge is 2.14. The van der Waals surface area contributed by atoms with E-state index in [1.165, 1.54) is 6.07 Å². The standard InChI is InChI=1S/C9H12O4/c1-3-12-5-8-7(9(10)11)4-6(2)13-8/h4H,3,5H2,1-2H3,(H,10,11). The van der Waals surface area contributed by atoms with Crippen LogP contribution >= 0.6 is 0 Å². The number of furan rings is 1. The van der Waals surface area contributed by atoms with Gasteiger partial charge >= 0.3 is 5.97 Å². The van der Waals surface area contributed by atoms with Crippen molar-refractivity contribution in [3.05, 3.63) is 23.2 Å². The molecular formula is C9H12O4. The molecular weight excluding hydrogens is 172 g/mol. The van der Waals surface area contributed by atoms with Gasteiger partial charge in [0.15, 0.2) is 0 Å². The minimum Gasteiger partial charge on any atom is -0.478 e. The van der Waals surface area contributed by atoms with Crippen LogP contribution in [0.3, 0.4) is 0 Å². The molecule has 4 heteroatoms. The molecule has 0 fully saturated rings. The molecule has 1 rings (SSSR count). The van der Waals surface area contributed by atoms with Crippen molar-refractivity contribution in [1.82, 2.24) is 0 Å². The number of carboxylic acids is 1. The molecule has 0 aliphatic heterocycles. The second kappa shape index (κ2) is 4.09. The molecule has 1 N–H and O–H groups in total. The van der Waals surface area contributed by atoms with E-state index in [4.69, 9.17) is 14.3 Å². The van der Waals surface area contributed by atoms with E-state index in [9.17, 15) is 4.79 Å². The summed E-state index contributed by atoms with van der Waals surface area (Å²) in [7, 11) is 0. The van der Waals surface area contributed by atoms with E-state index < -0.39 is 5.97 Å². The van der Waals surface area contributed by atoms with Gasteiger partial charge in [-0.3, -0.25) is 0 Å². The second-order valence-electron chi connectivity index (χ2n) is 2.64. The summed E-state index contributed by atoms with van der Waals surface area (Å²) < 4.78 is 10.2. The molecule has 0 bridgehead atoms. The first-order valence-electron chi connectivity index (χ1n) is 4.05. The summed E-state index contributed by atoms with van der Waals surface area (Å²) in [6, 6.07) is 1.50. The number of aromatic carboxylic acids is 1. The van der Waals surface area contributed by atoms with Gasteiger partial charge in [0.2, 0.25) is 0 Å². The molecule has 0 radical (unpaired) electrons. The first kappa shape index (κ1) is 9.80. The normalized spacial score (nSPS) is 10.3. The van der Waals surface area contributed by atoms with Crippen LogP contribution in [-0.2, 0) is 11.3 Å². The smallest absolute Gasteiger partial charge is 0.339 e. The molecule has 4 nitrogen and oxygen atoms in total. The van der Waals surface area contributed by atoms with Gasteiger partial charge < -0.3 is 14.3 Å². The molecule has 0 saturated carbocycles. The molecule has 1 aromatic heterocycles. The van der Waals surface area contributed by atoms with Gasteiger partial charge in [-0.25, -0.2) is 4.79 Å². The van der Waals surface area contributed by atoms with E-state index in [1.807, 2.05) is 6.92 Å². The highest BCUT2D eigenvalue weighted by atomic mass is 16.5. The van der Waals surface area contributed by atoms with Crippen LogP contribution in [0.4, 0.5) is 0 Å². The Hall–Kier alpha value is -1.29. The average molecular weight is 184 g/mol. The van der Waals surface area contributed by atoms with Crippen molar-refractivity contribution in [2.45, 2.75) is 20.5 Å². The maximum atomic E-state index is 10.7. The summed E-state index contributed by atoms with van der Waals surface area (Å²) in [5.41, 5.74) is 0.186. The van der Waals surface area contributed by atoms with Gasteiger partial charge in [0.1, 0.15) is 23.7 Å². The predicted octanol–water partition coefficient (Wildman–Crippen LogP) is 1.82. The third kappa shape index (κ3) is 2.32. The molecule has 0 aromatic carbocycles. The van der Waals surface area contributed by atoms with Crippen molar-refractivity contribution in [2.24, 2.45) is 0 Å². The van der Waals surface area contributed by atoms with Gasteiger partial charge in [-0.15, -0.1) is 0 Å². The third-order valence-corrected chi connectivity index (χ3v) is 1.60. The van der Waals surface area contributed by atoms with Crippen LogP contribution in [-0.4, -0.2) is 17.7 Å². The molecule has 1 heterocycles. The van der Waals surface area contributed by atoms with Crippen molar-refractivity contribution in [1.29, 1.82) is 0 Å². The highest BCUT2D eigenvalue weighted by Crippen LogP contribution is 2.15. The molecule has 0 aliphatic carbocycles. The van der Waals surface area contributed by atoms with Gasteiger partial charge in [0.25, 0.3) is 0 Å². The van der Waals surface area contributed by atoms with Crippen LogP contribution in [0.15, 0.2) is 10.5 Å². The largest absolute Gasteiger partial charge is 0.478 e. The van der Waals surface area contributed by atoms with Gasteiger partial charge in [-0.1, -0.05) is 0 Å². The summed E-state index contributed by atoms with van der Waals surface area (Å²) in [5, 5.41) is 8.76. The quantitative estimate of drug-likeness (QED) is 0.775. The maximum absolute atomic E-state index is 10.7. The number of hydrogen-bond acceptors (Lipinski definition) is 3. The summed E-state index contributed by atoms with van der Waals surface area (Å²) in [4.78, 5) is 10.7. The Morgan fingerprint density at radius 3 is 2.92 bits per heavy atom. The molecule has 0 atom stereocenters. The maximum Gasteiger partial charge on any atom is 0.339 e. The summed E-state index contributed by atoms with van der Waals surface area (Å²) in [6.45, 7) is 4.31. The van der Waals surface area contributed by atoms with Crippen molar-refractivity contribution in [2.75, 3.05) is 6.61 Å². The van der Waals surface area contributed by atoms with Gasteiger partial charge in [-0.2, -0.15) is 0 Å². The molecule has 0 unspecified atom stereocenters. The van der Waals surface area contributed by atoms with Crippen molar-refractivity contribution in [3.8, 4) is 0 Å². The van der Waals surface area contributed by atoms with Crippen LogP contribution in [0.5, 0.6) is 0 Å². The van der Waals surface area contributed by atoms with Crippen molar-refractivity contribution in [3.63, 3.8) is 0 Å². The van der Waals surface area contributed by atoms with E-state index in [2.05, 4.69) is 0 Å². The Balaban J connectivity index is 2.84. The fourth-order valence-electron chi connectivity index (χ4n) is 1.05. The molecule has 72 valence electrons. The number of aryl methyl sites for hydroxylation is 1. The van der Waals surface area contributed by atoms with Crippen LogP contribution in [0, 0.1) is 6.92 Å². The molecule has 13 heavy (non-hydrogen) atoms. The lowest BCUT2D eigenvalue weighted by Crippen LogP contribution is -2.00. The number of ether oxygens (including phenoxy) is 1. The minimum absolute atomic E-state index is 0.186. The molecule has 0 spiro atoms. The monoisotopic (exact) mass is 184 g/mol. The van der Waals surface area contributed by atoms with Gasteiger partial charge in [0.05, 0.1) is 0 Å². The fraction of sp³-hybridized carbons (Fsp3) is 0.444. The Labute approximate surface area is 76.1 Å². The molecule has 0 saturated heterocycles. The van der Waals surface area contributed by atoms with Crippen LogP contribution < -0.4 is 0 Å².